The maximum atomic E-state index is 13.2. The Kier molecular flexibility index (Phi) is 3.48. The number of rotatable bonds is 3. The fourth-order valence-corrected chi connectivity index (χ4v) is 3.91. The van der Waals surface area contributed by atoms with E-state index in [1.54, 1.807) is 6.07 Å². The van der Waals surface area contributed by atoms with E-state index in [2.05, 4.69) is 9.55 Å². The fourth-order valence-electron chi connectivity index (χ4n) is 2.45. The summed E-state index contributed by atoms with van der Waals surface area (Å²) >= 11 is 7.95. The molecule has 0 bridgehead atoms. The van der Waals surface area contributed by atoms with Gasteiger partial charge in [0.25, 0.3) is 0 Å². The zero-order valence-electron chi connectivity index (χ0n) is 9.90. The van der Waals surface area contributed by atoms with Gasteiger partial charge in [0.05, 0.1) is 16.9 Å². The summed E-state index contributed by atoms with van der Waals surface area (Å²) < 4.78 is 15.3. The van der Waals surface area contributed by atoms with Crippen LogP contribution >= 0.6 is 23.4 Å². The summed E-state index contributed by atoms with van der Waals surface area (Å²) in [5.74, 6) is 2.20. The minimum Gasteiger partial charge on any atom is -0.326 e. The van der Waals surface area contributed by atoms with Crippen LogP contribution in [0.2, 0.25) is 0 Å². The summed E-state index contributed by atoms with van der Waals surface area (Å²) in [5.41, 5.74) is 1.69. The van der Waals surface area contributed by atoms with Crippen molar-refractivity contribution in [3.63, 3.8) is 0 Å². The number of aromatic nitrogens is 2. The molecule has 1 aromatic heterocycles. The smallest absolute Gasteiger partial charge is 0.125 e. The summed E-state index contributed by atoms with van der Waals surface area (Å²) in [5, 5.41) is 0.634. The Morgan fingerprint density at radius 2 is 2.39 bits per heavy atom. The first-order valence-corrected chi connectivity index (χ1v) is 7.68. The van der Waals surface area contributed by atoms with Crippen LogP contribution in [0.4, 0.5) is 4.39 Å². The van der Waals surface area contributed by atoms with Crippen molar-refractivity contribution in [1.82, 2.24) is 9.55 Å². The van der Waals surface area contributed by atoms with Gasteiger partial charge in [-0.05, 0) is 30.7 Å². The summed E-state index contributed by atoms with van der Waals surface area (Å²) in [7, 11) is 0. The van der Waals surface area contributed by atoms with Gasteiger partial charge in [-0.1, -0.05) is 0 Å². The molecule has 1 unspecified atom stereocenters. The third-order valence-electron chi connectivity index (χ3n) is 3.32. The van der Waals surface area contributed by atoms with E-state index in [0.29, 0.717) is 16.6 Å². The van der Waals surface area contributed by atoms with Crippen molar-refractivity contribution in [2.45, 2.75) is 30.5 Å². The normalized spacial score (nSPS) is 19.8. The van der Waals surface area contributed by atoms with E-state index in [1.165, 1.54) is 30.7 Å². The molecule has 2 heterocycles. The highest BCUT2D eigenvalue weighted by molar-refractivity contribution is 8.00. The lowest BCUT2D eigenvalue weighted by Crippen LogP contribution is -2.12. The van der Waals surface area contributed by atoms with Crippen molar-refractivity contribution in [2.75, 3.05) is 5.75 Å². The quantitative estimate of drug-likeness (QED) is 0.798. The largest absolute Gasteiger partial charge is 0.326 e. The molecule has 1 aliphatic rings. The SMILES string of the molecule is Fc1ccc2c(c1)nc(CCl)n2CC1CCCS1. The molecule has 18 heavy (non-hydrogen) atoms. The van der Waals surface area contributed by atoms with Crippen molar-refractivity contribution in [2.24, 2.45) is 0 Å². The highest BCUT2D eigenvalue weighted by Crippen LogP contribution is 2.29. The number of thioether (sulfide) groups is 1. The zero-order chi connectivity index (χ0) is 12.5. The second-order valence-electron chi connectivity index (χ2n) is 4.54. The Morgan fingerprint density at radius 1 is 1.50 bits per heavy atom. The molecule has 0 spiro atoms. The predicted molar refractivity (Wildman–Crippen MR) is 74.7 cm³/mol. The molecule has 1 saturated heterocycles. The molecule has 1 aliphatic heterocycles. The van der Waals surface area contributed by atoms with Gasteiger partial charge in [0, 0.05) is 17.9 Å². The van der Waals surface area contributed by atoms with Crippen LogP contribution in [-0.4, -0.2) is 20.6 Å². The van der Waals surface area contributed by atoms with E-state index in [0.717, 1.165) is 17.9 Å². The summed E-state index contributed by atoms with van der Waals surface area (Å²) in [6.07, 6.45) is 2.53. The average Bonchev–Trinajstić information content (AvgIpc) is 2.97. The Labute approximate surface area is 115 Å². The first kappa shape index (κ1) is 12.3. The Morgan fingerprint density at radius 3 is 3.11 bits per heavy atom. The molecule has 3 rings (SSSR count). The third kappa shape index (κ3) is 2.24. The molecule has 1 aromatic carbocycles. The van der Waals surface area contributed by atoms with Crippen LogP contribution in [0.3, 0.4) is 0 Å². The van der Waals surface area contributed by atoms with Crippen molar-refractivity contribution < 1.29 is 4.39 Å². The molecule has 1 fully saturated rings. The maximum Gasteiger partial charge on any atom is 0.125 e. The first-order valence-electron chi connectivity index (χ1n) is 6.10. The van der Waals surface area contributed by atoms with Gasteiger partial charge in [-0.15, -0.1) is 11.6 Å². The maximum absolute atomic E-state index is 13.2. The lowest BCUT2D eigenvalue weighted by molar-refractivity contribution is 0.627. The molecular formula is C13H14ClFN2S. The van der Waals surface area contributed by atoms with Crippen LogP contribution in [0.1, 0.15) is 18.7 Å². The van der Waals surface area contributed by atoms with E-state index in [9.17, 15) is 4.39 Å². The Hall–Kier alpha value is -0.740. The molecule has 5 heteroatoms. The molecule has 1 atom stereocenters. The van der Waals surface area contributed by atoms with Crippen LogP contribution < -0.4 is 0 Å². The summed E-state index contributed by atoms with van der Waals surface area (Å²) in [4.78, 5) is 4.42. The molecule has 0 amide bonds. The number of fused-ring (bicyclic) bond motifs is 1. The lowest BCUT2D eigenvalue weighted by atomic mass is 10.2. The van der Waals surface area contributed by atoms with Gasteiger partial charge in [-0.25, -0.2) is 9.37 Å². The second kappa shape index (κ2) is 5.10. The topological polar surface area (TPSA) is 17.8 Å². The summed E-state index contributed by atoms with van der Waals surface area (Å²) in [6, 6.07) is 4.76. The molecule has 0 saturated carbocycles. The fraction of sp³-hybridized carbons (Fsp3) is 0.462. The third-order valence-corrected chi connectivity index (χ3v) is 4.94. The monoisotopic (exact) mass is 284 g/mol. The van der Waals surface area contributed by atoms with E-state index in [4.69, 9.17) is 11.6 Å². The lowest BCUT2D eigenvalue weighted by Gasteiger charge is -2.12. The van der Waals surface area contributed by atoms with Crippen LogP contribution in [0.25, 0.3) is 11.0 Å². The summed E-state index contributed by atoms with van der Waals surface area (Å²) in [6.45, 7) is 0.925. The van der Waals surface area contributed by atoms with E-state index in [1.807, 2.05) is 11.8 Å². The molecule has 0 radical (unpaired) electrons. The van der Waals surface area contributed by atoms with Crippen molar-refractivity contribution in [3.8, 4) is 0 Å². The Bertz CT molecular complexity index is 563. The highest BCUT2D eigenvalue weighted by atomic mass is 35.5. The van der Waals surface area contributed by atoms with E-state index in [-0.39, 0.29) is 5.82 Å². The standard InChI is InChI=1S/C13H14ClFN2S/c14-7-13-16-11-6-9(15)3-4-12(11)17(13)8-10-2-1-5-18-10/h3-4,6,10H,1-2,5,7-8H2. The molecule has 0 N–H and O–H groups in total. The molecule has 2 nitrogen and oxygen atoms in total. The zero-order valence-corrected chi connectivity index (χ0v) is 11.5. The molecule has 96 valence electrons. The number of imidazole rings is 1. The van der Waals surface area contributed by atoms with Gasteiger partial charge >= 0.3 is 0 Å². The predicted octanol–water partition coefficient (Wildman–Crippen LogP) is 3.81. The van der Waals surface area contributed by atoms with Gasteiger partial charge in [0.15, 0.2) is 0 Å². The van der Waals surface area contributed by atoms with Crippen LogP contribution in [0.5, 0.6) is 0 Å². The number of benzene rings is 1. The van der Waals surface area contributed by atoms with Gasteiger partial charge in [0.2, 0.25) is 0 Å². The van der Waals surface area contributed by atoms with Crippen LogP contribution in [-0.2, 0) is 12.4 Å². The van der Waals surface area contributed by atoms with Gasteiger partial charge in [0.1, 0.15) is 11.6 Å². The number of alkyl halides is 1. The second-order valence-corrected chi connectivity index (χ2v) is 6.22. The first-order chi connectivity index (χ1) is 8.78. The Balaban J connectivity index is 2.01. The van der Waals surface area contributed by atoms with E-state index >= 15 is 0 Å². The van der Waals surface area contributed by atoms with Crippen LogP contribution in [0.15, 0.2) is 18.2 Å². The average molecular weight is 285 g/mol. The number of nitrogens with zero attached hydrogens (tertiary/aromatic N) is 2. The minimum absolute atomic E-state index is 0.247. The van der Waals surface area contributed by atoms with Crippen molar-refractivity contribution in [3.05, 3.63) is 29.8 Å². The molecular weight excluding hydrogens is 271 g/mol. The molecule has 0 aliphatic carbocycles. The number of hydrogen-bond donors (Lipinski definition) is 0. The van der Waals surface area contributed by atoms with E-state index < -0.39 is 0 Å². The highest BCUT2D eigenvalue weighted by Gasteiger charge is 2.19. The number of halogens is 2. The van der Waals surface area contributed by atoms with Gasteiger partial charge in [-0.3, -0.25) is 0 Å². The van der Waals surface area contributed by atoms with Crippen LogP contribution in [0, 0.1) is 5.82 Å². The van der Waals surface area contributed by atoms with Gasteiger partial charge in [-0.2, -0.15) is 11.8 Å². The van der Waals surface area contributed by atoms with Crippen molar-refractivity contribution in [1.29, 1.82) is 0 Å². The number of hydrogen-bond acceptors (Lipinski definition) is 2. The van der Waals surface area contributed by atoms with Crippen molar-refractivity contribution >= 4 is 34.4 Å². The minimum atomic E-state index is -0.247. The molecule has 2 aromatic rings. The van der Waals surface area contributed by atoms with Gasteiger partial charge < -0.3 is 4.57 Å².